The molecule has 0 fully saturated rings. The molecule has 0 saturated carbocycles. The molecule has 1 aromatic carbocycles. The Bertz CT molecular complexity index is 506. The first kappa shape index (κ1) is 13.1. The van der Waals surface area contributed by atoms with Crippen molar-refractivity contribution in [3.63, 3.8) is 0 Å². The van der Waals surface area contributed by atoms with Crippen LogP contribution in [0.25, 0.3) is 11.3 Å². The molecule has 2 nitrogen and oxygen atoms in total. The van der Waals surface area contributed by atoms with Crippen molar-refractivity contribution in [2.45, 2.75) is 26.0 Å². The maximum atomic E-state index is 4.46. The highest BCUT2D eigenvalue weighted by molar-refractivity contribution is 7.79. The van der Waals surface area contributed by atoms with Crippen molar-refractivity contribution in [2.24, 2.45) is 5.92 Å². The van der Waals surface area contributed by atoms with E-state index in [1.165, 1.54) is 5.56 Å². The predicted molar refractivity (Wildman–Crippen MR) is 78.7 cm³/mol. The second kappa shape index (κ2) is 6.01. The van der Waals surface area contributed by atoms with Gasteiger partial charge >= 0.3 is 0 Å². The van der Waals surface area contributed by atoms with Crippen molar-refractivity contribution >= 4 is 12.6 Å². The van der Waals surface area contributed by atoms with E-state index < -0.39 is 0 Å². The molecule has 0 aliphatic heterocycles. The van der Waals surface area contributed by atoms with Gasteiger partial charge in [-0.2, -0.15) is 12.6 Å². The highest BCUT2D eigenvalue weighted by Crippen LogP contribution is 2.18. The zero-order valence-electron chi connectivity index (χ0n) is 10.8. The van der Waals surface area contributed by atoms with E-state index in [1.54, 1.807) is 6.20 Å². The lowest BCUT2D eigenvalue weighted by molar-refractivity contribution is 0.647. The number of benzene rings is 1. The van der Waals surface area contributed by atoms with Gasteiger partial charge in [0, 0.05) is 11.8 Å². The zero-order chi connectivity index (χ0) is 13.0. The third-order valence-electron chi connectivity index (χ3n) is 2.74. The fraction of sp³-hybridized carbons (Fsp3) is 0.333. The largest absolute Gasteiger partial charge is 0.240 e. The van der Waals surface area contributed by atoms with Crippen molar-refractivity contribution in [3.05, 3.63) is 47.9 Å². The molecule has 0 amide bonds. The maximum absolute atomic E-state index is 4.46. The highest BCUT2D eigenvalue weighted by atomic mass is 32.1. The monoisotopic (exact) mass is 258 g/mol. The van der Waals surface area contributed by atoms with Crippen molar-refractivity contribution in [2.75, 3.05) is 0 Å². The van der Waals surface area contributed by atoms with Crippen molar-refractivity contribution in [1.29, 1.82) is 0 Å². The summed E-state index contributed by atoms with van der Waals surface area (Å²) < 4.78 is 0. The number of nitrogens with zero attached hydrogens (tertiary/aromatic N) is 2. The SMILES string of the molecule is CC(C)Cc1ccc(-c2ccnc(CS)n2)cc1. The Morgan fingerprint density at radius 3 is 2.44 bits per heavy atom. The molecule has 0 saturated heterocycles. The quantitative estimate of drug-likeness (QED) is 0.845. The first-order chi connectivity index (χ1) is 8.69. The van der Waals surface area contributed by atoms with Gasteiger partial charge < -0.3 is 0 Å². The minimum absolute atomic E-state index is 0.569. The Balaban J connectivity index is 2.22. The molecule has 0 atom stereocenters. The standard InChI is InChI=1S/C15H18N2S/c1-11(2)9-12-3-5-13(6-4-12)14-7-8-16-15(10-18)17-14/h3-8,11,18H,9-10H2,1-2H3. The summed E-state index contributed by atoms with van der Waals surface area (Å²) in [4.78, 5) is 8.62. The van der Waals surface area contributed by atoms with E-state index in [1.807, 2.05) is 6.07 Å². The summed E-state index contributed by atoms with van der Waals surface area (Å²) >= 11 is 4.20. The molecule has 94 valence electrons. The molecule has 0 aliphatic carbocycles. The molecular formula is C15H18N2S. The summed E-state index contributed by atoms with van der Waals surface area (Å²) in [7, 11) is 0. The predicted octanol–water partition coefficient (Wildman–Crippen LogP) is 3.77. The molecule has 18 heavy (non-hydrogen) atoms. The summed E-state index contributed by atoms with van der Waals surface area (Å²) in [6, 6.07) is 10.5. The third kappa shape index (κ3) is 3.33. The smallest absolute Gasteiger partial charge is 0.138 e. The van der Waals surface area contributed by atoms with E-state index in [0.717, 1.165) is 23.5 Å². The van der Waals surface area contributed by atoms with Gasteiger partial charge in [0.15, 0.2) is 0 Å². The second-order valence-electron chi connectivity index (χ2n) is 4.81. The Morgan fingerprint density at radius 2 is 1.83 bits per heavy atom. The summed E-state index contributed by atoms with van der Waals surface area (Å²) in [5, 5.41) is 0. The van der Waals surface area contributed by atoms with E-state index in [2.05, 4.69) is 60.7 Å². The number of hydrogen-bond acceptors (Lipinski definition) is 3. The molecule has 0 N–H and O–H groups in total. The van der Waals surface area contributed by atoms with Gasteiger partial charge in [0.05, 0.1) is 11.4 Å². The number of hydrogen-bond donors (Lipinski definition) is 1. The van der Waals surface area contributed by atoms with Crippen LogP contribution < -0.4 is 0 Å². The van der Waals surface area contributed by atoms with Gasteiger partial charge in [0.1, 0.15) is 5.82 Å². The van der Waals surface area contributed by atoms with Gasteiger partial charge in [0.2, 0.25) is 0 Å². The van der Waals surface area contributed by atoms with Crippen LogP contribution in [0, 0.1) is 5.92 Å². The van der Waals surface area contributed by atoms with E-state index in [9.17, 15) is 0 Å². The molecule has 2 aromatic rings. The van der Waals surface area contributed by atoms with Crippen molar-refractivity contribution in [1.82, 2.24) is 9.97 Å². The lowest BCUT2D eigenvalue weighted by Crippen LogP contribution is -1.95. The van der Waals surface area contributed by atoms with Crippen molar-refractivity contribution in [3.8, 4) is 11.3 Å². The normalized spacial score (nSPS) is 10.9. The van der Waals surface area contributed by atoms with E-state index in [0.29, 0.717) is 11.7 Å². The van der Waals surface area contributed by atoms with Gasteiger partial charge in [-0.05, 0) is 24.0 Å². The fourth-order valence-corrected chi connectivity index (χ4v) is 2.07. The van der Waals surface area contributed by atoms with Crippen molar-refractivity contribution < 1.29 is 0 Å². The molecule has 1 aromatic heterocycles. The summed E-state index contributed by atoms with van der Waals surface area (Å²) in [5.74, 6) is 2.02. The topological polar surface area (TPSA) is 25.8 Å². The Kier molecular flexibility index (Phi) is 4.37. The van der Waals surface area contributed by atoms with Crippen LogP contribution in [0.3, 0.4) is 0 Å². The summed E-state index contributed by atoms with van der Waals surface area (Å²) in [6.07, 6.45) is 2.90. The van der Waals surface area contributed by atoms with E-state index >= 15 is 0 Å². The van der Waals surface area contributed by atoms with Crippen LogP contribution in [0.5, 0.6) is 0 Å². The van der Waals surface area contributed by atoms with Gasteiger partial charge in [-0.25, -0.2) is 9.97 Å². The minimum atomic E-state index is 0.569. The lowest BCUT2D eigenvalue weighted by Gasteiger charge is -2.06. The van der Waals surface area contributed by atoms with Crippen LogP contribution in [0.2, 0.25) is 0 Å². The first-order valence-electron chi connectivity index (χ1n) is 6.21. The molecule has 1 heterocycles. The Labute approximate surface area is 114 Å². The van der Waals surface area contributed by atoms with E-state index in [-0.39, 0.29) is 0 Å². The molecule has 0 unspecified atom stereocenters. The summed E-state index contributed by atoms with van der Waals surface area (Å²) in [5.41, 5.74) is 3.47. The van der Waals surface area contributed by atoms with Crippen LogP contribution in [-0.2, 0) is 12.2 Å². The number of rotatable bonds is 4. The molecule has 0 bridgehead atoms. The Morgan fingerprint density at radius 1 is 1.11 bits per heavy atom. The number of aromatic nitrogens is 2. The molecule has 0 aliphatic rings. The van der Waals surface area contributed by atoms with Crippen LogP contribution >= 0.6 is 12.6 Å². The highest BCUT2D eigenvalue weighted by Gasteiger charge is 2.02. The lowest BCUT2D eigenvalue weighted by atomic mass is 10.0. The summed E-state index contributed by atoms with van der Waals surface area (Å²) in [6.45, 7) is 4.47. The van der Waals surface area contributed by atoms with Crippen LogP contribution in [0.4, 0.5) is 0 Å². The molecule has 0 radical (unpaired) electrons. The zero-order valence-corrected chi connectivity index (χ0v) is 11.7. The molecule has 0 spiro atoms. The minimum Gasteiger partial charge on any atom is -0.240 e. The van der Waals surface area contributed by atoms with Gasteiger partial charge in [-0.1, -0.05) is 38.1 Å². The Hall–Kier alpha value is -1.35. The number of thiol groups is 1. The molecular weight excluding hydrogens is 240 g/mol. The molecule has 2 rings (SSSR count). The van der Waals surface area contributed by atoms with Crippen LogP contribution in [0.1, 0.15) is 25.2 Å². The fourth-order valence-electron chi connectivity index (χ4n) is 1.92. The maximum Gasteiger partial charge on any atom is 0.138 e. The van der Waals surface area contributed by atoms with Gasteiger partial charge in [-0.15, -0.1) is 0 Å². The van der Waals surface area contributed by atoms with Gasteiger partial charge in [-0.3, -0.25) is 0 Å². The van der Waals surface area contributed by atoms with Gasteiger partial charge in [0.25, 0.3) is 0 Å². The third-order valence-corrected chi connectivity index (χ3v) is 3.02. The second-order valence-corrected chi connectivity index (χ2v) is 5.13. The average molecular weight is 258 g/mol. The average Bonchev–Trinajstić information content (AvgIpc) is 2.39. The van der Waals surface area contributed by atoms with Crippen LogP contribution in [-0.4, -0.2) is 9.97 Å². The first-order valence-corrected chi connectivity index (χ1v) is 6.84. The van der Waals surface area contributed by atoms with Crippen LogP contribution in [0.15, 0.2) is 36.5 Å². The van der Waals surface area contributed by atoms with E-state index in [4.69, 9.17) is 0 Å². The molecule has 3 heteroatoms.